The summed E-state index contributed by atoms with van der Waals surface area (Å²) in [6.07, 6.45) is 0.163. The number of carbonyl (C=O) groups is 2. The lowest BCUT2D eigenvalue weighted by atomic mass is 9.91. The van der Waals surface area contributed by atoms with Crippen LogP contribution in [0.1, 0.15) is 48.6 Å². The van der Waals surface area contributed by atoms with E-state index in [1.807, 2.05) is 80.5 Å². The van der Waals surface area contributed by atoms with Gasteiger partial charge in [-0.1, -0.05) is 42.1 Å². The molecule has 0 radical (unpaired) electrons. The highest BCUT2D eigenvalue weighted by molar-refractivity contribution is 8.16. The van der Waals surface area contributed by atoms with Gasteiger partial charge in [-0.05, 0) is 74.4 Å². The third kappa shape index (κ3) is 4.66. The molecule has 1 N–H and O–H groups in total. The Labute approximate surface area is 204 Å². The third-order valence-corrected chi connectivity index (χ3v) is 7.00. The molecule has 0 spiro atoms. The molecule has 1 atom stereocenters. The van der Waals surface area contributed by atoms with Gasteiger partial charge >= 0.3 is 5.97 Å². The molecule has 0 bridgehead atoms. The van der Waals surface area contributed by atoms with Crippen molar-refractivity contribution in [2.75, 3.05) is 11.9 Å². The standard InChI is InChI=1S/C27H29N3O3S/c1-6-33-26(32)24-19(5)28-27-30(25(24)22-10-8-7-9-17(22)3)21(15-34-27)14-23(31)29-20-12-11-16(2)18(4)13-20/h7-13,15,25H,6,14H2,1-5H3,(H,29,31)/t25-/m0/s1. The number of amides is 1. The van der Waals surface area contributed by atoms with Gasteiger partial charge in [0.1, 0.15) is 0 Å². The first-order valence-corrected chi connectivity index (χ1v) is 12.2. The van der Waals surface area contributed by atoms with Gasteiger partial charge < -0.3 is 15.0 Å². The highest BCUT2D eigenvalue weighted by Gasteiger charge is 2.41. The molecule has 0 unspecified atom stereocenters. The number of nitrogens with zero attached hydrogens (tertiary/aromatic N) is 2. The lowest BCUT2D eigenvalue weighted by Crippen LogP contribution is -2.37. The zero-order chi connectivity index (χ0) is 24.4. The monoisotopic (exact) mass is 475 g/mol. The second kappa shape index (κ2) is 9.89. The van der Waals surface area contributed by atoms with Gasteiger partial charge in [0.15, 0.2) is 5.17 Å². The molecular formula is C27H29N3O3S. The minimum absolute atomic E-state index is 0.121. The quantitative estimate of drug-likeness (QED) is 0.537. The Morgan fingerprint density at radius 2 is 1.82 bits per heavy atom. The number of benzene rings is 2. The number of aliphatic imine (C=N–C) groups is 1. The van der Waals surface area contributed by atoms with E-state index in [2.05, 4.69) is 5.32 Å². The van der Waals surface area contributed by atoms with E-state index in [4.69, 9.17) is 9.73 Å². The molecule has 34 heavy (non-hydrogen) atoms. The van der Waals surface area contributed by atoms with Crippen LogP contribution in [0, 0.1) is 20.8 Å². The predicted octanol–water partition coefficient (Wildman–Crippen LogP) is 5.78. The number of amidine groups is 1. The normalized spacial score (nSPS) is 17.2. The van der Waals surface area contributed by atoms with Crippen molar-refractivity contribution in [2.24, 2.45) is 4.99 Å². The fourth-order valence-corrected chi connectivity index (χ4v) is 5.18. The molecule has 0 fully saturated rings. The van der Waals surface area contributed by atoms with Gasteiger partial charge in [0.05, 0.1) is 30.3 Å². The molecule has 1 amide bonds. The number of nitrogens with one attached hydrogen (secondary N) is 1. The molecule has 2 aromatic rings. The van der Waals surface area contributed by atoms with E-state index in [1.54, 1.807) is 6.92 Å². The Hall–Kier alpha value is -3.32. The Balaban J connectivity index is 1.66. The van der Waals surface area contributed by atoms with Crippen LogP contribution >= 0.6 is 11.8 Å². The summed E-state index contributed by atoms with van der Waals surface area (Å²) in [4.78, 5) is 32.7. The molecule has 0 saturated carbocycles. The average Bonchev–Trinajstić information content (AvgIpc) is 3.17. The number of rotatable bonds is 6. The summed E-state index contributed by atoms with van der Waals surface area (Å²) in [6.45, 7) is 10.0. The molecule has 7 heteroatoms. The summed E-state index contributed by atoms with van der Waals surface area (Å²) >= 11 is 1.47. The van der Waals surface area contributed by atoms with Crippen LogP contribution in [0.5, 0.6) is 0 Å². The highest BCUT2D eigenvalue weighted by atomic mass is 32.2. The molecule has 2 heterocycles. The second-order valence-electron chi connectivity index (χ2n) is 8.49. The summed E-state index contributed by atoms with van der Waals surface area (Å²) < 4.78 is 5.41. The summed E-state index contributed by atoms with van der Waals surface area (Å²) in [5.41, 5.74) is 7.05. The first kappa shape index (κ1) is 23.8. The second-order valence-corrected chi connectivity index (χ2v) is 9.33. The molecule has 2 aromatic carbocycles. The summed E-state index contributed by atoms with van der Waals surface area (Å²) in [5.74, 6) is -0.504. The molecule has 4 rings (SSSR count). The largest absolute Gasteiger partial charge is 0.463 e. The fraction of sp³-hybridized carbons (Fsp3) is 0.296. The molecule has 0 aliphatic carbocycles. The van der Waals surface area contributed by atoms with Crippen LogP contribution in [0.4, 0.5) is 5.69 Å². The number of aryl methyl sites for hydroxylation is 3. The van der Waals surface area contributed by atoms with E-state index in [9.17, 15) is 9.59 Å². The average molecular weight is 476 g/mol. The van der Waals surface area contributed by atoms with E-state index < -0.39 is 6.04 Å². The topological polar surface area (TPSA) is 71.0 Å². The van der Waals surface area contributed by atoms with Crippen LogP contribution in [0.15, 0.2) is 69.8 Å². The van der Waals surface area contributed by atoms with Crippen LogP contribution in [0.3, 0.4) is 0 Å². The van der Waals surface area contributed by atoms with Crippen molar-refractivity contribution in [2.45, 2.75) is 47.1 Å². The van der Waals surface area contributed by atoms with Crippen LogP contribution in [0.25, 0.3) is 0 Å². The van der Waals surface area contributed by atoms with Gasteiger partial charge in [-0.15, -0.1) is 0 Å². The summed E-state index contributed by atoms with van der Waals surface area (Å²) in [7, 11) is 0. The van der Waals surface area contributed by atoms with Gasteiger partial charge in [0.2, 0.25) is 5.91 Å². The number of anilines is 1. The maximum atomic E-state index is 13.0. The Bertz CT molecular complexity index is 1250. The van der Waals surface area contributed by atoms with Gasteiger partial charge in [-0.25, -0.2) is 9.79 Å². The van der Waals surface area contributed by atoms with E-state index >= 15 is 0 Å². The molecule has 2 aliphatic rings. The maximum absolute atomic E-state index is 13.0. The van der Waals surface area contributed by atoms with Gasteiger partial charge in [0, 0.05) is 11.4 Å². The van der Waals surface area contributed by atoms with E-state index in [0.29, 0.717) is 11.3 Å². The molecule has 176 valence electrons. The summed E-state index contributed by atoms with van der Waals surface area (Å²) in [6, 6.07) is 13.5. The molecule has 0 aromatic heterocycles. The number of hydrogen-bond donors (Lipinski definition) is 1. The van der Waals surface area contributed by atoms with Gasteiger partial charge in [-0.3, -0.25) is 4.79 Å². The number of carbonyl (C=O) groups excluding carboxylic acids is 2. The lowest BCUT2D eigenvalue weighted by molar-refractivity contribution is -0.139. The van der Waals surface area contributed by atoms with Crippen molar-refractivity contribution in [3.8, 4) is 0 Å². The number of ether oxygens (including phenoxy) is 1. The number of fused-ring (bicyclic) bond motifs is 1. The number of allylic oxidation sites excluding steroid dienone is 1. The molecule has 2 aliphatic heterocycles. The minimum atomic E-state index is -0.414. The molecular weight excluding hydrogens is 446 g/mol. The number of esters is 1. The molecule has 0 saturated heterocycles. The number of hydrogen-bond acceptors (Lipinski definition) is 6. The summed E-state index contributed by atoms with van der Waals surface area (Å²) in [5, 5.41) is 5.71. The SMILES string of the molecule is CCOC(=O)C1=C(C)N=C2SC=C(CC(=O)Nc3ccc(C)c(C)c3)N2[C@H]1c1ccccc1C. The van der Waals surface area contributed by atoms with Crippen molar-refractivity contribution in [1.82, 2.24) is 4.90 Å². The van der Waals surface area contributed by atoms with Crippen molar-refractivity contribution in [3.63, 3.8) is 0 Å². The maximum Gasteiger partial charge on any atom is 0.338 e. The van der Waals surface area contributed by atoms with Crippen LogP contribution in [-0.4, -0.2) is 28.6 Å². The Kier molecular flexibility index (Phi) is 6.93. The lowest BCUT2D eigenvalue weighted by Gasteiger charge is -2.37. The zero-order valence-electron chi connectivity index (χ0n) is 20.1. The van der Waals surface area contributed by atoms with Gasteiger partial charge in [-0.2, -0.15) is 0 Å². The third-order valence-electron chi connectivity index (χ3n) is 6.11. The number of thioether (sulfide) groups is 1. The Morgan fingerprint density at radius 1 is 1.06 bits per heavy atom. The van der Waals surface area contributed by atoms with Crippen molar-refractivity contribution < 1.29 is 14.3 Å². The zero-order valence-corrected chi connectivity index (χ0v) is 21.0. The first-order valence-electron chi connectivity index (χ1n) is 11.3. The predicted molar refractivity (Wildman–Crippen MR) is 137 cm³/mol. The van der Waals surface area contributed by atoms with Crippen molar-refractivity contribution >= 4 is 34.5 Å². The molecule has 6 nitrogen and oxygen atoms in total. The van der Waals surface area contributed by atoms with Crippen molar-refractivity contribution in [3.05, 3.63) is 87.1 Å². The van der Waals surface area contributed by atoms with Crippen LogP contribution < -0.4 is 5.32 Å². The Morgan fingerprint density at radius 3 is 2.53 bits per heavy atom. The van der Waals surface area contributed by atoms with E-state index in [0.717, 1.165) is 33.2 Å². The minimum Gasteiger partial charge on any atom is -0.463 e. The van der Waals surface area contributed by atoms with E-state index in [-0.39, 0.29) is 24.9 Å². The van der Waals surface area contributed by atoms with Crippen LogP contribution in [0.2, 0.25) is 0 Å². The fourth-order valence-electron chi connectivity index (χ4n) is 4.22. The van der Waals surface area contributed by atoms with Crippen LogP contribution in [-0.2, 0) is 14.3 Å². The first-order chi connectivity index (χ1) is 16.3. The highest BCUT2D eigenvalue weighted by Crippen LogP contribution is 2.45. The van der Waals surface area contributed by atoms with E-state index in [1.165, 1.54) is 17.3 Å². The smallest absolute Gasteiger partial charge is 0.338 e. The van der Waals surface area contributed by atoms with Gasteiger partial charge in [0.25, 0.3) is 0 Å². The van der Waals surface area contributed by atoms with Crippen molar-refractivity contribution in [1.29, 1.82) is 0 Å².